The number of benzene rings is 1. The van der Waals surface area contributed by atoms with Crippen molar-refractivity contribution in [1.29, 1.82) is 0 Å². The molecule has 1 fully saturated rings. The van der Waals surface area contributed by atoms with E-state index < -0.39 is 9.84 Å². The molecule has 0 N–H and O–H groups in total. The average molecular weight is 292 g/mol. The maximum absolute atomic E-state index is 12.2. The third kappa shape index (κ3) is 2.66. The van der Waals surface area contributed by atoms with E-state index in [-0.39, 0.29) is 16.8 Å². The molecular formula is C16H20O3S. The Bertz CT molecular complexity index is 625. The fourth-order valence-corrected chi connectivity index (χ4v) is 5.20. The first kappa shape index (κ1) is 13.8. The molecule has 20 heavy (non-hydrogen) atoms. The zero-order chi connectivity index (χ0) is 14.2. The van der Waals surface area contributed by atoms with Crippen molar-refractivity contribution in [2.24, 2.45) is 0 Å². The molecular weight excluding hydrogens is 272 g/mol. The molecule has 0 amide bonds. The molecule has 0 aromatic heterocycles. The fourth-order valence-electron chi connectivity index (χ4n) is 3.38. The molecule has 3 nitrogen and oxygen atoms in total. The van der Waals surface area contributed by atoms with E-state index in [4.69, 9.17) is 0 Å². The second kappa shape index (κ2) is 5.32. The highest BCUT2D eigenvalue weighted by Gasteiger charge is 2.31. The summed E-state index contributed by atoms with van der Waals surface area (Å²) >= 11 is 0. The van der Waals surface area contributed by atoms with Gasteiger partial charge in [0, 0.05) is 5.56 Å². The number of sulfone groups is 1. The van der Waals surface area contributed by atoms with Crippen LogP contribution >= 0.6 is 0 Å². The van der Waals surface area contributed by atoms with Crippen LogP contribution in [0.3, 0.4) is 0 Å². The Morgan fingerprint density at radius 3 is 2.50 bits per heavy atom. The Balaban J connectivity index is 1.76. The molecule has 0 saturated heterocycles. The van der Waals surface area contributed by atoms with Gasteiger partial charge in [-0.2, -0.15) is 0 Å². The molecule has 0 bridgehead atoms. The van der Waals surface area contributed by atoms with Crippen molar-refractivity contribution in [2.75, 3.05) is 5.75 Å². The summed E-state index contributed by atoms with van der Waals surface area (Å²) in [6, 6.07) is 5.67. The molecule has 3 rings (SSSR count). The SMILES string of the molecule is O=C(CS(=O)(=O)C1CCCC1)c1ccc2c(c1)CCC2. The van der Waals surface area contributed by atoms with Gasteiger partial charge in [-0.25, -0.2) is 8.42 Å². The highest BCUT2D eigenvalue weighted by atomic mass is 32.2. The van der Waals surface area contributed by atoms with Crippen molar-refractivity contribution in [2.45, 2.75) is 50.2 Å². The Morgan fingerprint density at radius 2 is 1.75 bits per heavy atom. The van der Waals surface area contributed by atoms with Gasteiger partial charge < -0.3 is 0 Å². The third-order valence-corrected chi connectivity index (χ3v) is 6.71. The van der Waals surface area contributed by atoms with Crippen LogP contribution < -0.4 is 0 Å². The Kier molecular flexibility index (Phi) is 3.67. The van der Waals surface area contributed by atoms with Crippen LogP contribution in [0, 0.1) is 0 Å². The molecule has 0 unspecified atom stereocenters. The summed E-state index contributed by atoms with van der Waals surface area (Å²) < 4.78 is 24.5. The van der Waals surface area contributed by atoms with Crippen molar-refractivity contribution < 1.29 is 13.2 Å². The Hall–Kier alpha value is -1.16. The number of fused-ring (bicyclic) bond motifs is 1. The molecule has 4 heteroatoms. The molecule has 108 valence electrons. The lowest BCUT2D eigenvalue weighted by molar-refractivity contribution is 0.102. The van der Waals surface area contributed by atoms with Crippen LogP contribution in [0.2, 0.25) is 0 Å². The van der Waals surface area contributed by atoms with Gasteiger partial charge in [0.05, 0.1) is 5.25 Å². The summed E-state index contributed by atoms with van der Waals surface area (Å²) in [6.07, 6.45) is 6.59. The first-order chi connectivity index (χ1) is 9.56. The van der Waals surface area contributed by atoms with Gasteiger partial charge in [-0.15, -0.1) is 0 Å². The highest BCUT2D eigenvalue weighted by Crippen LogP contribution is 2.27. The molecule has 0 spiro atoms. The van der Waals surface area contributed by atoms with Crippen LogP contribution in [-0.4, -0.2) is 25.2 Å². The van der Waals surface area contributed by atoms with Crippen molar-refractivity contribution in [3.8, 4) is 0 Å². The molecule has 1 aromatic carbocycles. The molecule has 2 aliphatic rings. The van der Waals surface area contributed by atoms with Crippen LogP contribution in [0.5, 0.6) is 0 Å². The standard InChI is InChI=1S/C16H20O3S/c17-16(11-20(18,19)15-6-1-2-7-15)14-9-8-12-4-3-5-13(12)10-14/h8-10,15H,1-7,11H2. The van der Waals surface area contributed by atoms with Crippen molar-refractivity contribution in [3.63, 3.8) is 0 Å². The van der Waals surface area contributed by atoms with Gasteiger partial charge in [-0.3, -0.25) is 4.79 Å². The summed E-state index contributed by atoms with van der Waals surface area (Å²) in [6.45, 7) is 0. The van der Waals surface area contributed by atoms with Crippen molar-refractivity contribution in [3.05, 3.63) is 34.9 Å². The molecule has 1 saturated carbocycles. The van der Waals surface area contributed by atoms with E-state index in [0.717, 1.165) is 44.9 Å². The number of Topliss-reactive ketones (excluding diaryl/α,β-unsaturated/α-hetero) is 1. The Labute approximate surface area is 120 Å². The maximum atomic E-state index is 12.2. The quantitative estimate of drug-likeness (QED) is 0.802. The zero-order valence-electron chi connectivity index (χ0n) is 11.6. The van der Waals surface area contributed by atoms with Crippen LogP contribution in [-0.2, 0) is 22.7 Å². The van der Waals surface area contributed by atoms with Crippen molar-refractivity contribution >= 4 is 15.6 Å². The summed E-state index contributed by atoms with van der Waals surface area (Å²) in [5, 5.41) is -0.291. The predicted octanol–water partition coefficient (Wildman–Crippen LogP) is 2.72. The lowest BCUT2D eigenvalue weighted by atomic mass is 10.0. The van der Waals surface area contributed by atoms with E-state index in [2.05, 4.69) is 0 Å². The van der Waals surface area contributed by atoms with E-state index in [1.54, 1.807) is 6.07 Å². The summed E-state index contributed by atoms with van der Waals surface area (Å²) in [5.74, 6) is -0.567. The largest absolute Gasteiger partial charge is 0.293 e. The molecule has 0 radical (unpaired) electrons. The van der Waals surface area contributed by atoms with Crippen LogP contribution in [0.25, 0.3) is 0 Å². The van der Waals surface area contributed by atoms with Gasteiger partial charge in [-0.1, -0.05) is 25.0 Å². The minimum Gasteiger partial charge on any atom is -0.293 e. The van der Waals surface area contributed by atoms with Gasteiger partial charge >= 0.3 is 0 Å². The maximum Gasteiger partial charge on any atom is 0.177 e. The van der Waals surface area contributed by atoms with E-state index >= 15 is 0 Å². The fraction of sp³-hybridized carbons (Fsp3) is 0.562. The van der Waals surface area contributed by atoms with Crippen LogP contribution in [0.4, 0.5) is 0 Å². The van der Waals surface area contributed by atoms with E-state index in [0.29, 0.717) is 5.56 Å². The number of hydrogen-bond donors (Lipinski definition) is 0. The monoisotopic (exact) mass is 292 g/mol. The molecule has 0 atom stereocenters. The van der Waals surface area contributed by atoms with Gasteiger partial charge in [-0.05, 0) is 49.3 Å². The molecule has 1 aromatic rings. The van der Waals surface area contributed by atoms with Gasteiger partial charge in [0.25, 0.3) is 0 Å². The average Bonchev–Trinajstić information content (AvgIpc) is 3.09. The minimum absolute atomic E-state index is 0.244. The normalized spacial score (nSPS) is 19.2. The lowest BCUT2D eigenvalue weighted by Gasteiger charge is -2.10. The lowest BCUT2D eigenvalue weighted by Crippen LogP contribution is -2.26. The van der Waals surface area contributed by atoms with Crippen molar-refractivity contribution in [1.82, 2.24) is 0 Å². The number of carbonyl (C=O) groups excluding carboxylic acids is 1. The minimum atomic E-state index is -3.27. The van der Waals surface area contributed by atoms with E-state index in [1.807, 2.05) is 12.1 Å². The van der Waals surface area contributed by atoms with Crippen LogP contribution in [0.1, 0.15) is 53.6 Å². The molecule has 0 heterocycles. The second-order valence-corrected chi connectivity index (χ2v) is 8.25. The van der Waals surface area contributed by atoms with Gasteiger partial charge in [0.1, 0.15) is 5.75 Å². The highest BCUT2D eigenvalue weighted by molar-refractivity contribution is 7.92. The number of ketones is 1. The number of hydrogen-bond acceptors (Lipinski definition) is 3. The smallest absolute Gasteiger partial charge is 0.177 e. The third-order valence-electron chi connectivity index (χ3n) is 4.56. The van der Waals surface area contributed by atoms with Crippen LogP contribution in [0.15, 0.2) is 18.2 Å². The predicted molar refractivity (Wildman–Crippen MR) is 78.8 cm³/mol. The molecule has 0 aliphatic heterocycles. The summed E-state index contributed by atoms with van der Waals surface area (Å²) in [7, 11) is -3.27. The summed E-state index contributed by atoms with van der Waals surface area (Å²) in [4.78, 5) is 12.2. The second-order valence-electron chi connectivity index (χ2n) is 5.97. The summed E-state index contributed by atoms with van der Waals surface area (Å²) in [5.41, 5.74) is 3.08. The molecule has 2 aliphatic carbocycles. The van der Waals surface area contributed by atoms with E-state index in [1.165, 1.54) is 11.1 Å². The number of carbonyl (C=O) groups is 1. The number of aryl methyl sites for hydroxylation is 2. The zero-order valence-corrected chi connectivity index (χ0v) is 12.4. The van der Waals surface area contributed by atoms with E-state index in [9.17, 15) is 13.2 Å². The first-order valence-corrected chi connectivity index (χ1v) is 9.14. The Morgan fingerprint density at radius 1 is 1.05 bits per heavy atom. The topological polar surface area (TPSA) is 51.2 Å². The van der Waals surface area contributed by atoms with Gasteiger partial charge in [0.15, 0.2) is 15.6 Å². The first-order valence-electron chi connectivity index (χ1n) is 7.43. The van der Waals surface area contributed by atoms with Gasteiger partial charge in [0.2, 0.25) is 0 Å². The number of rotatable bonds is 4.